The van der Waals surface area contributed by atoms with E-state index in [-0.39, 0.29) is 0 Å². The number of nitrogen functional groups attached to an aromatic ring is 1. The Labute approximate surface area is 98.5 Å². The van der Waals surface area contributed by atoms with Crippen molar-refractivity contribution in [3.05, 3.63) is 23.1 Å². The zero-order valence-corrected chi connectivity index (χ0v) is 9.98. The first-order valence-electron chi connectivity index (χ1n) is 5.20. The molecule has 0 unspecified atom stereocenters. The summed E-state index contributed by atoms with van der Waals surface area (Å²) in [5, 5.41) is 6.89. The monoisotopic (exact) mass is 234 g/mol. The van der Waals surface area contributed by atoms with Crippen LogP contribution in [0.3, 0.4) is 0 Å². The van der Waals surface area contributed by atoms with Crippen LogP contribution in [0.5, 0.6) is 0 Å². The number of hydrogen-bond donors (Lipinski definition) is 2. The number of rotatable bonds is 3. The van der Waals surface area contributed by atoms with E-state index >= 15 is 0 Å². The summed E-state index contributed by atoms with van der Waals surface area (Å²) in [5.74, 6) is 2.91. The van der Waals surface area contributed by atoms with Crippen LogP contribution in [0.25, 0.3) is 0 Å². The molecule has 0 atom stereocenters. The number of aromatic nitrogens is 4. The minimum Gasteiger partial charge on any atom is -0.383 e. The van der Waals surface area contributed by atoms with Gasteiger partial charge in [-0.1, -0.05) is 5.16 Å². The molecule has 0 radical (unpaired) electrons. The van der Waals surface area contributed by atoms with Crippen LogP contribution >= 0.6 is 0 Å². The van der Waals surface area contributed by atoms with E-state index in [1.165, 1.54) is 0 Å². The average molecular weight is 234 g/mol. The predicted octanol–water partition coefficient (Wildman–Crippen LogP) is 0.979. The molecule has 3 N–H and O–H groups in total. The molecule has 0 spiro atoms. The first-order chi connectivity index (χ1) is 8.06. The number of aryl methyl sites for hydroxylation is 2. The molecule has 0 saturated heterocycles. The SMILES string of the molecule is Cc1nc(N)c(C)c(NCc2noc(C)n2)n1. The lowest BCUT2D eigenvalue weighted by Crippen LogP contribution is -2.08. The van der Waals surface area contributed by atoms with E-state index in [2.05, 4.69) is 25.4 Å². The zero-order chi connectivity index (χ0) is 12.4. The second-order valence-electron chi connectivity index (χ2n) is 3.71. The molecule has 0 bridgehead atoms. The fraction of sp³-hybridized carbons (Fsp3) is 0.400. The van der Waals surface area contributed by atoms with Crippen LogP contribution in [0.15, 0.2) is 4.52 Å². The summed E-state index contributed by atoms with van der Waals surface area (Å²) in [4.78, 5) is 12.4. The molecule has 2 rings (SSSR count). The molecule has 7 heteroatoms. The summed E-state index contributed by atoms with van der Waals surface area (Å²) >= 11 is 0. The fourth-order valence-electron chi connectivity index (χ4n) is 1.40. The Kier molecular flexibility index (Phi) is 2.90. The second-order valence-corrected chi connectivity index (χ2v) is 3.71. The Hall–Kier alpha value is -2.18. The van der Waals surface area contributed by atoms with Crippen molar-refractivity contribution in [3.8, 4) is 0 Å². The Morgan fingerprint density at radius 2 is 1.94 bits per heavy atom. The van der Waals surface area contributed by atoms with Gasteiger partial charge in [-0.25, -0.2) is 9.97 Å². The largest absolute Gasteiger partial charge is 0.383 e. The highest BCUT2D eigenvalue weighted by molar-refractivity contribution is 5.54. The van der Waals surface area contributed by atoms with E-state index in [9.17, 15) is 0 Å². The Balaban J connectivity index is 2.14. The molecule has 7 nitrogen and oxygen atoms in total. The highest BCUT2D eigenvalue weighted by Gasteiger charge is 2.08. The molecule has 2 aromatic rings. The first kappa shape index (κ1) is 11.3. The Morgan fingerprint density at radius 1 is 1.18 bits per heavy atom. The Morgan fingerprint density at radius 3 is 2.59 bits per heavy atom. The second kappa shape index (κ2) is 4.36. The van der Waals surface area contributed by atoms with Gasteiger partial charge in [0.15, 0.2) is 5.82 Å². The van der Waals surface area contributed by atoms with Gasteiger partial charge in [0.1, 0.15) is 17.5 Å². The van der Waals surface area contributed by atoms with Crippen LogP contribution in [-0.4, -0.2) is 20.1 Å². The maximum atomic E-state index is 5.75. The van der Waals surface area contributed by atoms with E-state index in [0.29, 0.717) is 35.7 Å². The highest BCUT2D eigenvalue weighted by Crippen LogP contribution is 2.17. The molecule has 2 aromatic heterocycles. The van der Waals surface area contributed by atoms with Gasteiger partial charge in [0.2, 0.25) is 5.89 Å². The summed E-state index contributed by atoms with van der Waals surface area (Å²) in [6, 6.07) is 0. The Bertz CT molecular complexity index is 536. The molecule has 17 heavy (non-hydrogen) atoms. The summed E-state index contributed by atoms with van der Waals surface area (Å²) in [6.07, 6.45) is 0. The van der Waals surface area contributed by atoms with Gasteiger partial charge in [-0.2, -0.15) is 4.98 Å². The van der Waals surface area contributed by atoms with E-state index in [4.69, 9.17) is 10.3 Å². The van der Waals surface area contributed by atoms with Crippen molar-refractivity contribution in [2.45, 2.75) is 27.3 Å². The van der Waals surface area contributed by atoms with Gasteiger partial charge in [0, 0.05) is 12.5 Å². The van der Waals surface area contributed by atoms with Crippen molar-refractivity contribution in [1.29, 1.82) is 0 Å². The predicted molar refractivity (Wildman–Crippen MR) is 62.3 cm³/mol. The molecule has 0 fully saturated rings. The van der Waals surface area contributed by atoms with Gasteiger partial charge >= 0.3 is 0 Å². The minimum atomic E-state index is 0.439. The molecule has 0 aliphatic carbocycles. The number of hydrogen-bond acceptors (Lipinski definition) is 7. The molecule has 0 aliphatic heterocycles. The van der Waals surface area contributed by atoms with Crippen molar-refractivity contribution in [1.82, 2.24) is 20.1 Å². The summed E-state index contributed by atoms with van der Waals surface area (Å²) < 4.78 is 4.87. The van der Waals surface area contributed by atoms with Crippen molar-refractivity contribution in [2.24, 2.45) is 0 Å². The van der Waals surface area contributed by atoms with Crippen molar-refractivity contribution in [3.63, 3.8) is 0 Å². The smallest absolute Gasteiger partial charge is 0.223 e. The van der Waals surface area contributed by atoms with Crippen LogP contribution in [-0.2, 0) is 6.54 Å². The molecular formula is C10H14N6O. The quantitative estimate of drug-likeness (QED) is 0.815. The van der Waals surface area contributed by atoms with Crippen LogP contribution in [0.2, 0.25) is 0 Å². The van der Waals surface area contributed by atoms with Crippen molar-refractivity contribution < 1.29 is 4.52 Å². The topological polar surface area (TPSA) is 103 Å². The van der Waals surface area contributed by atoms with Gasteiger partial charge in [-0.15, -0.1) is 0 Å². The van der Waals surface area contributed by atoms with E-state index in [0.717, 1.165) is 5.56 Å². The zero-order valence-electron chi connectivity index (χ0n) is 9.98. The van der Waals surface area contributed by atoms with Gasteiger partial charge < -0.3 is 15.6 Å². The van der Waals surface area contributed by atoms with E-state index in [1.807, 2.05) is 6.92 Å². The summed E-state index contributed by atoms with van der Waals surface area (Å²) in [7, 11) is 0. The van der Waals surface area contributed by atoms with Gasteiger partial charge in [0.05, 0.1) is 6.54 Å². The third-order valence-electron chi connectivity index (χ3n) is 2.28. The third-order valence-corrected chi connectivity index (χ3v) is 2.28. The molecule has 0 saturated carbocycles. The van der Waals surface area contributed by atoms with Crippen molar-refractivity contribution >= 4 is 11.6 Å². The molecule has 0 aliphatic rings. The number of nitrogens with zero attached hydrogens (tertiary/aromatic N) is 4. The van der Waals surface area contributed by atoms with Crippen LogP contribution < -0.4 is 11.1 Å². The minimum absolute atomic E-state index is 0.439. The van der Waals surface area contributed by atoms with Crippen LogP contribution in [0.4, 0.5) is 11.6 Å². The summed E-state index contributed by atoms with van der Waals surface area (Å²) in [6.45, 7) is 5.83. The maximum Gasteiger partial charge on any atom is 0.223 e. The first-order valence-corrected chi connectivity index (χ1v) is 5.20. The van der Waals surface area contributed by atoms with Crippen molar-refractivity contribution in [2.75, 3.05) is 11.1 Å². The molecule has 0 amide bonds. The van der Waals surface area contributed by atoms with E-state index in [1.54, 1.807) is 13.8 Å². The third kappa shape index (κ3) is 2.49. The van der Waals surface area contributed by atoms with Gasteiger partial charge in [-0.3, -0.25) is 0 Å². The average Bonchev–Trinajstić information content (AvgIpc) is 2.67. The van der Waals surface area contributed by atoms with Gasteiger partial charge in [0.25, 0.3) is 0 Å². The van der Waals surface area contributed by atoms with Crippen LogP contribution in [0.1, 0.15) is 23.1 Å². The molecule has 0 aromatic carbocycles. The fourth-order valence-corrected chi connectivity index (χ4v) is 1.40. The lowest BCUT2D eigenvalue weighted by atomic mass is 10.3. The number of nitrogens with one attached hydrogen (secondary N) is 1. The maximum absolute atomic E-state index is 5.75. The highest BCUT2D eigenvalue weighted by atomic mass is 16.5. The van der Waals surface area contributed by atoms with E-state index < -0.39 is 0 Å². The number of anilines is 2. The van der Waals surface area contributed by atoms with Gasteiger partial charge in [-0.05, 0) is 13.8 Å². The molecule has 2 heterocycles. The standard InChI is InChI=1S/C10H14N6O/c1-5-9(11)13-6(2)14-10(5)12-4-8-15-7(3)17-16-8/h4H2,1-3H3,(H3,11,12,13,14). The molecule has 90 valence electrons. The normalized spacial score (nSPS) is 10.5. The molecular weight excluding hydrogens is 220 g/mol. The number of nitrogens with two attached hydrogens (primary N) is 1. The van der Waals surface area contributed by atoms with Crippen LogP contribution in [0, 0.1) is 20.8 Å². The lowest BCUT2D eigenvalue weighted by Gasteiger charge is -2.08. The lowest BCUT2D eigenvalue weighted by molar-refractivity contribution is 0.388. The summed E-state index contributed by atoms with van der Waals surface area (Å²) in [5.41, 5.74) is 6.57.